The molecule has 0 aromatic heterocycles. The third kappa shape index (κ3) is 2.62. The molecule has 24 heavy (non-hydrogen) atoms. The van der Waals surface area contributed by atoms with Crippen LogP contribution in [0.4, 0.5) is 0 Å². The number of carboxylic acids is 1. The second kappa shape index (κ2) is 5.61. The number of aliphatic carboxylic acids is 1. The lowest BCUT2D eigenvalue weighted by atomic mass is 9.47. The molecule has 4 saturated carbocycles. The van der Waals surface area contributed by atoms with Crippen LogP contribution in [-0.4, -0.2) is 17.9 Å². The maximum atomic E-state index is 12.6. The summed E-state index contributed by atoms with van der Waals surface area (Å²) in [6.07, 6.45) is 6.49. The minimum atomic E-state index is -1.13. The van der Waals surface area contributed by atoms with Crippen LogP contribution in [-0.2, 0) is 4.79 Å². The van der Waals surface area contributed by atoms with Gasteiger partial charge in [0.1, 0.15) is 0 Å². The van der Waals surface area contributed by atoms with Crippen LogP contribution in [0.25, 0.3) is 0 Å². The monoisotopic (exact) mass is 326 g/mol. The summed E-state index contributed by atoms with van der Waals surface area (Å²) in [5.41, 5.74) is 1.21. The topological polar surface area (TPSA) is 69.2 Å². The number of carbonyl (C=O) groups excluding carboxylic acids is 2. The smallest absolute Gasteiger partial charge is 0.251 e. The molecule has 0 spiro atoms. The molecule has 1 atom stereocenters. The van der Waals surface area contributed by atoms with E-state index >= 15 is 0 Å². The van der Waals surface area contributed by atoms with Gasteiger partial charge in [0.15, 0.2) is 0 Å². The van der Waals surface area contributed by atoms with Gasteiger partial charge in [-0.05, 0) is 80.8 Å². The zero-order valence-electron chi connectivity index (χ0n) is 14.1. The van der Waals surface area contributed by atoms with Gasteiger partial charge in [0, 0.05) is 5.56 Å². The van der Waals surface area contributed by atoms with E-state index < -0.39 is 12.0 Å². The molecule has 4 heteroatoms. The Morgan fingerprint density at radius 1 is 1.12 bits per heavy atom. The number of nitrogens with one attached hydrogen (secondary N) is 1. The van der Waals surface area contributed by atoms with Gasteiger partial charge in [-0.25, -0.2) is 0 Å². The van der Waals surface area contributed by atoms with Crippen LogP contribution in [0.3, 0.4) is 0 Å². The van der Waals surface area contributed by atoms with Crippen molar-refractivity contribution in [3.63, 3.8) is 0 Å². The molecule has 4 nitrogen and oxygen atoms in total. The summed E-state index contributed by atoms with van der Waals surface area (Å²) in [5, 5.41) is 14.7. The zero-order chi connectivity index (χ0) is 16.9. The Balaban J connectivity index is 1.59. The van der Waals surface area contributed by atoms with Crippen molar-refractivity contribution in [1.29, 1.82) is 0 Å². The third-order valence-corrected chi connectivity index (χ3v) is 6.49. The molecule has 0 aliphatic heterocycles. The predicted octanol–water partition coefficient (Wildman–Crippen LogP) is 2.06. The molecule has 5 rings (SSSR count). The van der Waals surface area contributed by atoms with E-state index in [1.165, 1.54) is 19.3 Å². The van der Waals surface area contributed by atoms with Crippen LogP contribution in [0.1, 0.15) is 54.4 Å². The van der Waals surface area contributed by atoms with E-state index in [0.29, 0.717) is 23.3 Å². The summed E-state index contributed by atoms with van der Waals surface area (Å²) in [6.45, 7) is 1.92. The number of amides is 1. The first kappa shape index (κ1) is 15.7. The SMILES string of the molecule is Cc1cccc(C(=O)N[C@@H](C(=O)[O-])C23CC4CC(CC(C4)C2)C3)c1. The largest absolute Gasteiger partial charge is 0.548 e. The maximum Gasteiger partial charge on any atom is 0.251 e. The summed E-state index contributed by atoms with van der Waals surface area (Å²) in [6, 6.07) is 6.39. The van der Waals surface area contributed by atoms with E-state index in [1.54, 1.807) is 12.1 Å². The molecule has 0 unspecified atom stereocenters. The third-order valence-electron chi connectivity index (χ3n) is 6.49. The summed E-state index contributed by atoms with van der Waals surface area (Å²) in [4.78, 5) is 24.5. The number of hydrogen-bond acceptors (Lipinski definition) is 3. The molecule has 0 radical (unpaired) electrons. The van der Waals surface area contributed by atoms with Crippen LogP contribution in [0.2, 0.25) is 0 Å². The van der Waals surface area contributed by atoms with Crippen LogP contribution < -0.4 is 10.4 Å². The van der Waals surface area contributed by atoms with E-state index in [2.05, 4.69) is 5.32 Å². The molecule has 4 aliphatic rings. The Morgan fingerprint density at radius 2 is 1.71 bits per heavy atom. The van der Waals surface area contributed by atoms with Gasteiger partial charge in [0.2, 0.25) is 0 Å². The fraction of sp³-hybridized carbons (Fsp3) is 0.600. The Labute approximate surface area is 142 Å². The van der Waals surface area contributed by atoms with Crippen molar-refractivity contribution >= 4 is 11.9 Å². The van der Waals surface area contributed by atoms with Crippen molar-refractivity contribution in [1.82, 2.24) is 5.32 Å². The summed E-state index contributed by atoms with van der Waals surface area (Å²) in [7, 11) is 0. The average Bonchev–Trinajstić information content (AvgIpc) is 2.50. The Bertz CT molecular complexity index is 646. The number of aryl methyl sites for hydroxylation is 1. The fourth-order valence-electron chi connectivity index (χ4n) is 5.99. The van der Waals surface area contributed by atoms with Gasteiger partial charge in [-0.1, -0.05) is 17.7 Å². The molecule has 1 amide bonds. The minimum Gasteiger partial charge on any atom is -0.548 e. The van der Waals surface area contributed by atoms with Gasteiger partial charge in [0.25, 0.3) is 5.91 Å². The standard InChI is InChI=1S/C20H25NO3/c1-12-3-2-4-16(5-12)18(22)21-17(19(23)24)20-9-13-6-14(10-20)8-15(7-13)11-20/h2-5,13-15,17H,6-11H2,1H3,(H,21,22)(H,23,24)/p-1/t13?,14?,15?,17-,20?/m0/s1. The van der Waals surface area contributed by atoms with E-state index in [4.69, 9.17) is 0 Å². The highest BCUT2D eigenvalue weighted by Crippen LogP contribution is 2.61. The number of benzene rings is 1. The van der Waals surface area contributed by atoms with Crippen molar-refractivity contribution < 1.29 is 14.7 Å². The number of carbonyl (C=O) groups is 2. The van der Waals surface area contributed by atoms with E-state index in [0.717, 1.165) is 24.8 Å². The van der Waals surface area contributed by atoms with Crippen LogP contribution in [0, 0.1) is 30.1 Å². The van der Waals surface area contributed by atoms with Crippen molar-refractivity contribution in [3.05, 3.63) is 35.4 Å². The highest BCUT2D eigenvalue weighted by molar-refractivity contribution is 5.96. The van der Waals surface area contributed by atoms with E-state index in [-0.39, 0.29) is 11.3 Å². The molecule has 4 aliphatic carbocycles. The van der Waals surface area contributed by atoms with Crippen molar-refractivity contribution in [2.24, 2.45) is 23.2 Å². The summed E-state index contributed by atoms with van der Waals surface area (Å²) in [5.74, 6) is 0.471. The van der Waals surface area contributed by atoms with E-state index in [1.807, 2.05) is 19.1 Å². The molecule has 4 bridgehead atoms. The van der Waals surface area contributed by atoms with Crippen molar-refractivity contribution in [3.8, 4) is 0 Å². The quantitative estimate of drug-likeness (QED) is 0.921. The lowest BCUT2D eigenvalue weighted by Gasteiger charge is -2.59. The van der Waals surface area contributed by atoms with Gasteiger partial charge in [-0.3, -0.25) is 4.79 Å². The highest BCUT2D eigenvalue weighted by Gasteiger charge is 2.54. The Morgan fingerprint density at radius 3 is 2.21 bits per heavy atom. The van der Waals surface area contributed by atoms with Gasteiger partial charge in [-0.15, -0.1) is 0 Å². The molecule has 1 aromatic carbocycles. The second-order valence-corrected chi connectivity index (χ2v) is 8.37. The van der Waals surface area contributed by atoms with E-state index in [9.17, 15) is 14.7 Å². The molecule has 1 aromatic rings. The first-order chi connectivity index (χ1) is 11.4. The molecule has 4 fully saturated rings. The first-order valence-corrected chi connectivity index (χ1v) is 9.03. The van der Waals surface area contributed by atoms with Gasteiger partial charge >= 0.3 is 0 Å². The highest BCUT2D eigenvalue weighted by atomic mass is 16.4. The first-order valence-electron chi connectivity index (χ1n) is 9.03. The fourth-order valence-corrected chi connectivity index (χ4v) is 5.99. The summed E-state index contributed by atoms with van der Waals surface area (Å²) < 4.78 is 0. The molecule has 0 heterocycles. The number of rotatable bonds is 4. The normalized spacial score (nSPS) is 34.8. The zero-order valence-corrected chi connectivity index (χ0v) is 14.1. The Kier molecular flexibility index (Phi) is 3.66. The van der Waals surface area contributed by atoms with Crippen LogP contribution >= 0.6 is 0 Å². The van der Waals surface area contributed by atoms with Crippen molar-refractivity contribution in [2.75, 3.05) is 0 Å². The predicted molar refractivity (Wildman–Crippen MR) is 88.0 cm³/mol. The molecular weight excluding hydrogens is 302 g/mol. The number of carboxylic acid groups (broad SMARTS) is 1. The number of hydrogen-bond donors (Lipinski definition) is 1. The van der Waals surface area contributed by atoms with Gasteiger partial charge in [0.05, 0.1) is 12.0 Å². The average molecular weight is 326 g/mol. The second-order valence-electron chi connectivity index (χ2n) is 8.37. The molecule has 1 N–H and O–H groups in total. The van der Waals surface area contributed by atoms with Crippen LogP contribution in [0.5, 0.6) is 0 Å². The minimum absolute atomic E-state index is 0.299. The molecule has 128 valence electrons. The van der Waals surface area contributed by atoms with Gasteiger partial charge < -0.3 is 15.2 Å². The maximum absolute atomic E-state index is 12.6. The van der Waals surface area contributed by atoms with Crippen LogP contribution in [0.15, 0.2) is 24.3 Å². The lowest BCUT2D eigenvalue weighted by Crippen LogP contribution is -2.62. The van der Waals surface area contributed by atoms with Crippen molar-refractivity contribution in [2.45, 2.75) is 51.5 Å². The molecule has 0 saturated heterocycles. The Hall–Kier alpha value is -1.84. The summed E-state index contributed by atoms with van der Waals surface area (Å²) >= 11 is 0. The van der Waals surface area contributed by atoms with Gasteiger partial charge in [-0.2, -0.15) is 0 Å². The molecular formula is C20H24NO3-. The lowest BCUT2D eigenvalue weighted by molar-refractivity contribution is -0.313.